The van der Waals surface area contributed by atoms with Gasteiger partial charge in [-0.15, -0.1) is 0 Å². The summed E-state index contributed by atoms with van der Waals surface area (Å²) in [5.41, 5.74) is 6.82. The molecule has 3 heteroatoms. The molecule has 2 heterocycles. The van der Waals surface area contributed by atoms with Gasteiger partial charge in [-0.05, 0) is 36.8 Å². The fraction of sp³-hybridized carbons (Fsp3) is 0.538. The molecule has 1 aromatic rings. The molecule has 1 aromatic carbocycles. The SMILES string of the molecule is NCC1C2CC(C2)CN1c1ccccc1O. The van der Waals surface area contributed by atoms with Gasteiger partial charge in [0, 0.05) is 19.1 Å². The standard InChI is InChI=1S/C13H18N2O/c14-7-12-10-5-9(6-10)8-15(12)11-3-1-2-4-13(11)16/h1-4,9-10,12,16H,5-8,14H2. The molecule has 0 aromatic heterocycles. The number of hydrogen-bond acceptors (Lipinski definition) is 3. The molecule has 2 bridgehead atoms. The van der Waals surface area contributed by atoms with Crippen molar-refractivity contribution < 1.29 is 5.11 Å². The molecule has 0 radical (unpaired) electrons. The van der Waals surface area contributed by atoms with Gasteiger partial charge in [-0.1, -0.05) is 12.1 Å². The van der Waals surface area contributed by atoms with Crippen molar-refractivity contribution in [3.05, 3.63) is 24.3 Å². The van der Waals surface area contributed by atoms with Crippen LogP contribution >= 0.6 is 0 Å². The van der Waals surface area contributed by atoms with E-state index in [9.17, 15) is 5.11 Å². The van der Waals surface area contributed by atoms with Crippen molar-refractivity contribution in [3.63, 3.8) is 0 Å². The molecule has 1 aliphatic carbocycles. The van der Waals surface area contributed by atoms with Crippen molar-refractivity contribution in [3.8, 4) is 5.75 Å². The number of piperidine rings is 2. The first kappa shape index (κ1) is 9.97. The molecule has 0 spiro atoms. The maximum Gasteiger partial charge on any atom is 0.138 e. The summed E-state index contributed by atoms with van der Waals surface area (Å²) in [5, 5.41) is 9.89. The quantitative estimate of drug-likeness (QED) is 0.792. The largest absolute Gasteiger partial charge is 0.506 e. The summed E-state index contributed by atoms with van der Waals surface area (Å²) in [4.78, 5) is 2.30. The third-order valence-electron chi connectivity index (χ3n) is 4.10. The normalized spacial score (nSPS) is 32.3. The molecule has 4 rings (SSSR count). The van der Waals surface area contributed by atoms with Gasteiger partial charge in [-0.3, -0.25) is 0 Å². The predicted molar refractivity (Wildman–Crippen MR) is 64.5 cm³/mol. The first-order valence-electron chi connectivity index (χ1n) is 6.04. The van der Waals surface area contributed by atoms with E-state index in [4.69, 9.17) is 5.73 Å². The van der Waals surface area contributed by atoms with Crippen molar-refractivity contribution in [1.29, 1.82) is 0 Å². The number of fused-ring (bicyclic) bond motifs is 2. The Hall–Kier alpha value is -1.22. The fourth-order valence-corrected chi connectivity index (χ4v) is 3.22. The minimum atomic E-state index is 0.377. The molecule has 0 amide bonds. The fourth-order valence-electron chi connectivity index (χ4n) is 3.22. The van der Waals surface area contributed by atoms with Gasteiger partial charge in [0.25, 0.3) is 0 Å². The van der Waals surface area contributed by atoms with Crippen molar-refractivity contribution in [1.82, 2.24) is 0 Å². The first-order valence-corrected chi connectivity index (χ1v) is 6.04. The number of anilines is 1. The highest BCUT2D eigenvalue weighted by Gasteiger charge is 2.44. The molecule has 86 valence electrons. The van der Waals surface area contributed by atoms with Gasteiger partial charge in [-0.25, -0.2) is 0 Å². The highest BCUT2D eigenvalue weighted by atomic mass is 16.3. The van der Waals surface area contributed by atoms with E-state index in [-0.39, 0.29) is 0 Å². The number of hydrogen-bond donors (Lipinski definition) is 2. The highest BCUT2D eigenvalue weighted by molar-refractivity contribution is 5.59. The number of para-hydroxylation sites is 2. The van der Waals surface area contributed by atoms with E-state index in [2.05, 4.69) is 4.90 Å². The van der Waals surface area contributed by atoms with E-state index in [1.54, 1.807) is 6.07 Å². The molecule has 3 aliphatic rings. The lowest BCUT2D eigenvalue weighted by atomic mass is 9.66. The number of benzene rings is 1. The molecule has 1 atom stereocenters. The Bertz CT molecular complexity index is 387. The van der Waals surface area contributed by atoms with E-state index >= 15 is 0 Å². The minimum absolute atomic E-state index is 0.377. The van der Waals surface area contributed by atoms with Gasteiger partial charge >= 0.3 is 0 Å². The maximum absolute atomic E-state index is 9.89. The summed E-state index contributed by atoms with van der Waals surface area (Å²) in [6.45, 7) is 1.74. The van der Waals surface area contributed by atoms with Crippen LogP contribution in [0.1, 0.15) is 12.8 Å². The van der Waals surface area contributed by atoms with Crippen LogP contribution in [0.25, 0.3) is 0 Å². The molecular weight excluding hydrogens is 200 g/mol. The Balaban J connectivity index is 1.91. The lowest BCUT2D eigenvalue weighted by Crippen LogP contribution is -2.58. The Kier molecular flexibility index (Phi) is 2.28. The minimum Gasteiger partial charge on any atom is -0.506 e. The third-order valence-corrected chi connectivity index (χ3v) is 4.10. The second-order valence-corrected chi connectivity index (χ2v) is 5.04. The van der Waals surface area contributed by atoms with Crippen LogP contribution in [0.5, 0.6) is 5.75 Å². The second kappa shape index (κ2) is 3.67. The van der Waals surface area contributed by atoms with Crippen LogP contribution in [-0.2, 0) is 0 Å². The Labute approximate surface area is 95.9 Å². The van der Waals surface area contributed by atoms with E-state index in [1.165, 1.54) is 12.8 Å². The number of aromatic hydroxyl groups is 1. The van der Waals surface area contributed by atoms with Crippen molar-refractivity contribution in [2.24, 2.45) is 17.6 Å². The molecule has 3 N–H and O–H groups in total. The highest BCUT2D eigenvalue weighted by Crippen LogP contribution is 2.46. The topological polar surface area (TPSA) is 49.5 Å². The van der Waals surface area contributed by atoms with E-state index in [0.29, 0.717) is 18.3 Å². The lowest BCUT2D eigenvalue weighted by Gasteiger charge is -2.53. The predicted octanol–water partition coefficient (Wildman–Crippen LogP) is 1.57. The van der Waals surface area contributed by atoms with Crippen LogP contribution in [0.4, 0.5) is 5.69 Å². The van der Waals surface area contributed by atoms with Gasteiger partial charge < -0.3 is 15.7 Å². The summed E-state index contributed by atoms with van der Waals surface area (Å²) >= 11 is 0. The summed E-state index contributed by atoms with van der Waals surface area (Å²) < 4.78 is 0. The number of phenolic OH excluding ortho intramolecular Hbond substituents is 1. The van der Waals surface area contributed by atoms with Crippen LogP contribution in [0.2, 0.25) is 0 Å². The number of phenols is 1. The Morgan fingerprint density at radius 1 is 1.31 bits per heavy atom. The van der Waals surface area contributed by atoms with Gasteiger partial charge in [-0.2, -0.15) is 0 Å². The summed E-state index contributed by atoms with van der Waals surface area (Å²) in [6, 6.07) is 7.99. The lowest BCUT2D eigenvalue weighted by molar-refractivity contribution is 0.113. The summed E-state index contributed by atoms with van der Waals surface area (Å²) in [5.74, 6) is 1.93. The smallest absolute Gasteiger partial charge is 0.138 e. The van der Waals surface area contributed by atoms with E-state index < -0.39 is 0 Å². The Morgan fingerprint density at radius 3 is 2.75 bits per heavy atom. The number of rotatable bonds is 2. The van der Waals surface area contributed by atoms with Gasteiger partial charge in [0.05, 0.1) is 5.69 Å². The second-order valence-electron chi connectivity index (χ2n) is 5.04. The average Bonchev–Trinajstić information content (AvgIpc) is 2.27. The zero-order valence-electron chi connectivity index (χ0n) is 9.34. The summed E-state index contributed by atoms with van der Waals surface area (Å²) in [7, 11) is 0. The van der Waals surface area contributed by atoms with Crippen LogP contribution in [0.15, 0.2) is 24.3 Å². The van der Waals surface area contributed by atoms with Gasteiger partial charge in [0.1, 0.15) is 5.75 Å². The van der Waals surface area contributed by atoms with Crippen LogP contribution in [0, 0.1) is 11.8 Å². The van der Waals surface area contributed by atoms with Gasteiger partial charge in [0.2, 0.25) is 0 Å². The molecular formula is C13H18N2O. The molecule has 1 saturated carbocycles. The number of nitrogens with zero attached hydrogens (tertiary/aromatic N) is 1. The molecule has 1 unspecified atom stereocenters. The maximum atomic E-state index is 9.89. The van der Waals surface area contributed by atoms with Crippen LogP contribution in [0.3, 0.4) is 0 Å². The van der Waals surface area contributed by atoms with Crippen molar-refractivity contribution in [2.75, 3.05) is 18.0 Å². The molecule has 2 aliphatic heterocycles. The summed E-state index contributed by atoms with van der Waals surface area (Å²) in [6.07, 6.45) is 2.65. The van der Waals surface area contributed by atoms with Crippen molar-refractivity contribution in [2.45, 2.75) is 18.9 Å². The third kappa shape index (κ3) is 1.39. The van der Waals surface area contributed by atoms with Crippen LogP contribution in [-0.4, -0.2) is 24.2 Å². The van der Waals surface area contributed by atoms with E-state index in [0.717, 1.165) is 24.1 Å². The van der Waals surface area contributed by atoms with Crippen LogP contribution < -0.4 is 10.6 Å². The Morgan fingerprint density at radius 2 is 2.06 bits per heavy atom. The zero-order valence-corrected chi connectivity index (χ0v) is 9.34. The molecule has 3 fully saturated rings. The van der Waals surface area contributed by atoms with Crippen molar-refractivity contribution >= 4 is 5.69 Å². The van der Waals surface area contributed by atoms with E-state index in [1.807, 2.05) is 18.2 Å². The number of nitrogens with two attached hydrogens (primary N) is 1. The zero-order chi connectivity index (χ0) is 11.1. The molecule has 2 saturated heterocycles. The molecule has 3 nitrogen and oxygen atoms in total. The first-order chi connectivity index (χ1) is 7.79. The molecule has 16 heavy (non-hydrogen) atoms. The monoisotopic (exact) mass is 218 g/mol. The average molecular weight is 218 g/mol. The van der Waals surface area contributed by atoms with Gasteiger partial charge in [0.15, 0.2) is 0 Å².